The van der Waals surface area contributed by atoms with E-state index in [0.717, 1.165) is 11.6 Å². The fourth-order valence-corrected chi connectivity index (χ4v) is 4.20. The Morgan fingerprint density at radius 2 is 2.12 bits per heavy atom. The molecule has 1 saturated heterocycles. The van der Waals surface area contributed by atoms with E-state index in [0.29, 0.717) is 6.42 Å². The quantitative estimate of drug-likeness (QED) is 0.698. The number of ether oxygens (including phenoxy) is 1. The Hall–Kier alpha value is -0.890. The Balaban J connectivity index is 1.89. The van der Waals surface area contributed by atoms with Gasteiger partial charge in [-0.05, 0) is 6.42 Å². The van der Waals surface area contributed by atoms with Crippen LogP contribution in [0.25, 0.3) is 0 Å². The minimum absolute atomic E-state index is 0.0531. The molecule has 2 rings (SSSR count). The molecule has 6 nitrogen and oxygen atoms in total. The van der Waals surface area contributed by atoms with Crippen molar-refractivity contribution in [1.82, 2.24) is 0 Å². The number of sulfonamides is 1. The van der Waals surface area contributed by atoms with Gasteiger partial charge in [-0.15, -0.1) is 0 Å². The van der Waals surface area contributed by atoms with Crippen molar-refractivity contribution in [2.24, 2.45) is 10.3 Å². The van der Waals surface area contributed by atoms with E-state index in [-0.39, 0.29) is 29.8 Å². The monoisotopic (exact) mass is 265 g/mol. The van der Waals surface area contributed by atoms with Crippen molar-refractivity contribution in [3.8, 4) is 0 Å². The summed E-state index contributed by atoms with van der Waals surface area (Å²) in [5.74, 6) is 0.420. The first kappa shape index (κ1) is 11.6. The van der Waals surface area contributed by atoms with E-state index >= 15 is 0 Å². The minimum atomic E-state index is -3.50. The first-order chi connectivity index (χ1) is 7.36. The first-order valence-corrected chi connectivity index (χ1v) is 8.04. The van der Waals surface area contributed by atoms with Crippen molar-refractivity contribution in [1.29, 1.82) is 0 Å². The number of sulfone groups is 1. The van der Waals surface area contributed by atoms with E-state index in [1.165, 1.54) is 0 Å². The zero-order chi connectivity index (χ0) is 11.8. The summed E-state index contributed by atoms with van der Waals surface area (Å²) >= 11 is 0. The molecule has 0 amide bonds. The maximum absolute atomic E-state index is 11.1. The Morgan fingerprint density at radius 3 is 2.62 bits per heavy atom. The van der Waals surface area contributed by atoms with Crippen molar-refractivity contribution in [3.05, 3.63) is 11.2 Å². The topological polar surface area (TPSA) is 89.9 Å². The van der Waals surface area contributed by atoms with Crippen LogP contribution >= 0.6 is 0 Å². The van der Waals surface area contributed by atoms with Crippen LogP contribution in [-0.4, -0.2) is 41.2 Å². The second-order valence-electron chi connectivity index (χ2n) is 3.85. The Kier molecular flexibility index (Phi) is 2.79. The number of nitrogens with zero attached hydrogens (tertiary/aromatic N) is 1. The Bertz CT molecular complexity index is 543. The lowest BCUT2D eigenvalue weighted by molar-refractivity contribution is 0.192. The van der Waals surface area contributed by atoms with Crippen LogP contribution in [0.5, 0.6) is 0 Å². The van der Waals surface area contributed by atoms with Gasteiger partial charge in [0.05, 0.1) is 29.7 Å². The molecule has 16 heavy (non-hydrogen) atoms. The maximum Gasteiger partial charge on any atom is 0.279 e. The molecule has 0 aromatic carbocycles. The zero-order valence-corrected chi connectivity index (χ0v) is 10.00. The molecule has 8 heteroatoms. The van der Waals surface area contributed by atoms with Crippen LogP contribution in [0.3, 0.4) is 0 Å². The van der Waals surface area contributed by atoms with Crippen molar-refractivity contribution < 1.29 is 21.6 Å². The van der Waals surface area contributed by atoms with Gasteiger partial charge >= 0.3 is 0 Å². The van der Waals surface area contributed by atoms with Crippen LogP contribution < -0.4 is 0 Å². The highest BCUT2D eigenvalue weighted by Gasteiger charge is 2.28. The molecular weight excluding hydrogens is 254 g/mol. The molecule has 2 aliphatic rings. The first-order valence-electron chi connectivity index (χ1n) is 4.72. The lowest BCUT2D eigenvalue weighted by atomic mass is 10.1. The zero-order valence-electron chi connectivity index (χ0n) is 8.37. The van der Waals surface area contributed by atoms with E-state index < -0.39 is 19.9 Å². The third-order valence-electron chi connectivity index (χ3n) is 2.40. The number of allylic oxidation sites excluding steroid dienone is 1. The summed E-state index contributed by atoms with van der Waals surface area (Å²) in [6, 6.07) is 0. The summed E-state index contributed by atoms with van der Waals surface area (Å²) in [6.45, 7) is 0.215. The predicted molar refractivity (Wildman–Crippen MR) is 58.2 cm³/mol. The van der Waals surface area contributed by atoms with Crippen molar-refractivity contribution in [2.75, 3.05) is 18.1 Å². The lowest BCUT2D eigenvalue weighted by Crippen LogP contribution is -2.11. The molecule has 0 aromatic heterocycles. The fourth-order valence-electron chi connectivity index (χ4n) is 1.62. The second kappa shape index (κ2) is 3.85. The summed E-state index contributed by atoms with van der Waals surface area (Å²) in [5, 5.41) is 0.927. The van der Waals surface area contributed by atoms with Gasteiger partial charge in [-0.2, -0.15) is 12.8 Å². The largest absolute Gasteiger partial charge is 0.491 e. The molecule has 0 aromatic rings. The summed E-state index contributed by atoms with van der Waals surface area (Å²) in [5.41, 5.74) is 0. The van der Waals surface area contributed by atoms with Crippen molar-refractivity contribution in [2.45, 2.75) is 6.42 Å². The van der Waals surface area contributed by atoms with Gasteiger partial charge in [0.1, 0.15) is 0 Å². The van der Waals surface area contributed by atoms with Gasteiger partial charge in [-0.25, -0.2) is 8.42 Å². The highest BCUT2D eigenvalue weighted by Crippen LogP contribution is 2.20. The molecule has 1 unspecified atom stereocenters. The molecule has 2 heterocycles. The smallest absolute Gasteiger partial charge is 0.279 e. The number of hydrogen-bond donors (Lipinski definition) is 0. The SMILES string of the molecule is O=S1(=O)CCC(COC2=CS(=O)(=O)N=C2)C1. The van der Waals surface area contributed by atoms with E-state index in [9.17, 15) is 16.8 Å². The average Bonchev–Trinajstić information content (AvgIpc) is 2.66. The normalized spacial score (nSPS) is 30.2. The maximum atomic E-state index is 11.1. The van der Waals surface area contributed by atoms with Crippen LogP contribution in [0.2, 0.25) is 0 Å². The van der Waals surface area contributed by atoms with Gasteiger partial charge in [0.25, 0.3) is 10.0 Å². The molecule has 0 N–H and O–H groups in total. The van der Waals surface area contributed by atoms with Crippen LogP contribution in [0.4, 0.5) is 0 Å². The van der Waals surface area contributed by atoms with E-state index in [4.69, 9.17) is 4.74 Å². The molecule has 90 valence electrons. The molecule has 0 saturated carbocycles. The van der Waals surface area contributed by atoms with E-state index in [2.05, 4.69) is 4.40 Å². The van der Waals surface area contributed by atoms with Crippen LogP contribution in [0.15, 0.2) is 15.6 Å². The highest BCUT2D eigenvalue weighted by molar-refractivity contribution is 7.93. The molecule has 1 fully saturated rings. The molecule has 0 bridgehead atoms. The third kappa shape index (κ3) is 2.82. The molecule has 2 aliphatic heterocycles. The van der Waals surface area contributed by atoms with E-state index in [1.54, 1.807) is 0 Å². The molecule has 0 spiro atoms. The second-order valence-corrected chi connectivity index (χ2v) is 7.55. The van der Waals surface area contributed by atoms with Gasteiger partial charge in [-0.3, -0.25) is 0 Å². The van der Waals surface area contributed by atoms with Gasteiger partial charge in [-0.1, -0.05) is 0 Å². The highest BCUT2D eigenvalue weighted by atomic mass is 32.2. The average molecular weight is 265 g/mol. The predicted octanol–water partition coefficient (Wildman–Crippen LogP) is -0.307. The van der Waals surface area contributed by atoms with E-state index in [1.807, 2.05) is 0 Å². The van der Waals surface area contributed by atoms with Crippen molar-refractivity contribution >= 4 is 26.1 Å². The minimum Gasteiger partial charge on any atom is -0.491 e. The summed E-state index contributed by atoms with van der Waals surface area (Å²) in [6.07, 6.45) is 1.69. The summed E-state index contributed by atoms with van der Waals surface area (Å²) < 4.78 is 52.5. The molecule has 0 radical (unpaired) electrons. The van der Waals surface area contributed by atoms with Gasteiger partial charge < -0.3 is 4.74 Å². The van der Waals surface area contributed by atoms with Crippen LogP contribution in [0.1, 0.15) is 6.42 Å². The summed E-state index contributed by atoms with van der Waals surface area (Å²) in [7, 11) is -6.42. The standard InChI is InChI=1S/C8H11NO5S2/c10-15(11)2-1-7(5-15)4-14-8-3-9-16(12,13)6-8/h3,6-7H,1-2,4-5H2. The molecule has 0 aliphatic carbocycles. The van der Waals surface area contributed by atoms with Gasteiger partial charge in [0.15, 0.2) is 15.6 Å². The third-order valence-corrected chi connectivity index (χ3v) is 5.17. The number of rotatable bonds is 3. The molecule has 1 atom stereocenters. The Labute approximate surface area is 94.0 Å². The van der Waals surface area contributed by atoms with Crippen molar-refractivity contribution in [3.63, 3.8) is 0 Å². The van der Waals surface area contributed by atoms with Crippen LogP contribution in [0, 0.1) is 5.92 Å². The van der Waals surface area contributed by atoms with Crippen LogP contribution in [-0.2, 0) is 24.6 Å². The number of hydrogen-bond acceptors (Lipinski definition) is 5. The fraction of sp³-hybridized carbons (Fsp3) is 0.625. The van der Waals surface area contributed by atoms with Gasteiger partial charge in [0.2, 0.25) is 0 Å². The Morgan fingerprint density at radius 1 is 1.38 bits per heavy atom. The summed E-state index contributed by atoms with van der Waals surface area (Å²) in [4.78, 5) is 0. The lowest BCUT2D eigenvalue weighted by Gasteiger charge is -2.08. The molecular formula is C8H11NO5S2. The van der Waals surface area contributed by atoms with Gasteiger partial charge in [0, 0.05) is 5.92 Å².